The molecule has 134 valence electrons. The van der Waals surface area contributed by atoms with E-state index in [2.05, 4.69) is 6.92 Å². The Balaban J connectivity index is 1.77. The summed E-state index contributed by atoms with van der Waals surface area (Å²) in [5.74, 6) is 1.91. The lowest BCUT2D eigenvalue weighted by Gasteiger charge is -2.22. The van der Waals surface area contributed by atoms with E-state index in [9.17, 15) is 14.7 Å². The Kier molecular flexibility index (Phi) is 5.60. The average molecular weight is 398 g/mol. The van der Waals surface area contributed by atoms with E-state index in [0.29, 0.717) is 34.7 Å². The van der Waals surface area contributed by atoms with Gasteiger partial charge < -0.3 is 9.52 Å². The highest BCUT2D eigenvalue weighted by Gasteiger charge is 2.40. The molecular formula is C17H19NO4S3. The number of carboxylic acid groups (broad SMARTS) is 1. The number of carboxylic acids is 1. The number of hydrogen-bond acceptors (Lipinski definition) is 6. The van der Waals surface area contributed by atoms with Crippen LogP contribution in [0.5, 0.6) is 0 Å². The van der Waals surface area contributed by atoms with Gasteiger partial charge >= 0.3 is 5.97 Å². The number of carbonyl (C=O) groups excluding carboxylic acids is 1. The van der Waals surface area contributed by atoms with Crippen molar-refractivity contribution in [3.8, 4) is 0 Å². The molecule has 1 saturated carbocycles. The van der Waals surface area contributed by atoms with E-state index < -0.39 is 12.0 Å². The Morgan fingerprint density at radius 2 is 2.32 bits per heavy atom. The molecule has 2 aliphatic rings. The summed E-state index contributed by atoms with van der Waals surface area (Å²) in [5.41, 5.74) is 0. The summed E-state index contributed by atoms with van der Waals surface area (Å²) in [7, 11) is 0. The van der Waals surface area contributed by atoms with Crippen molar-refractivity contribution in [1.29, 1.82) is 0 Å². The summed E-state index contributed by atoms with van der Waals surface area (Å²) in [6, 6.07) is 2.86. The van der Waals surface area contributed by atoms with Crippen molar-refractivity contribution in [2.45, 2.75) is 31.7 Å². The molecule has 3 rings (SSSR count). The molecule has 1 saturated heterocycles. The van der Waals surface area contributed by atoms with Crippen LogP contribution in [0.25, 0.3) is 6.08 Å². The predicted octanol–water partition coefficient (Wildman–Crippen LogP) is 3.81. The number of furan rings is 1. The van der Waals surface area contributed by atoms with Gasteiger partial charge in [0, 0.05) is 12.0 Å². The van der Waals surface area contributed by atoms with Crippen molar-refractivity contribution in [3.63, 3.8) is 0 Å². The summed E-state index contributed by atoms with van der Waals surface area (Å²) in [5, 5.41) is 9.46. The number of thioether (sulfide) groups is 2. The van der Waals surface area contributed by atoms with Crippen molar-refractivity contribution in [1.82, 2.24) is 4.90 Å². The Hall–Kier alpha value is -1.25. The first-order valence-corrected chi connectivity index (χ1v) is 10.6. The zero-order chi connectivity index (χ0) is 18.1. The van der Waals surface area contributed by atoms with Gasteiger partial charge in [0.25, 0.3) is 5.91 Å². The smallest absolute Gasteiger partial charge is 0.326 e. The summed E-state index contributed by atoms with van der Waals surface area (Å²) in [6.45, 7) is 2.18. The standard InChI is InChI=1S/C17H19NO4S3/c1-9-7-11(9)13-4-3-10(22-13)8-14-15(19)18(17(23)25-14)12(16(20)21)5-6-24-2/h3-4,8-9,11-12H,5-7H2,1-2H3,(H,20,21)/b14-8-/t9-,11-,12+/m0/s1. The van der Waals surface area contributed by atoms with Gasteiger partial charge in [0.1, 0.15) is 21.9 Å². The molecule has 0 radical (unpaired) electrons. The van der Waals surface area contributed by atoms with Gasteiger partial charge in [-0.1, -0.05) is 30.9 Å². The Bertz CT molecular complexity index is 742. The fourth-order valence-electron chi connectivity index (χ4n) is 2.83. The normalized spacial score (nSPS) is 25.7. The molecule has 8 heteroatoms. The number of hydrogen-bond donors (Lipinski definition) is 1. The molecule has 1 N–H and O–H groups in total. The monoisotopic (exact) mass is 397 g/mol. The lowest BCUT2D eigenvalue weighted by molar-refractivity contribution is -0.145. The van der Waals surface area contributed by atoms with E-state index in [1.165, 1.54) is 4.90 Å². The van der Waals surface area contributed by atoms with E-state index in [-0.39, 0.29) is 10.2 Å². The van der Waals surface area contributed by atoms with Crippen LogP contribution in [0.1, 0.15) is 37.2 Å². The van der Waals surface area contributed by atoms with E-state index in [1.54, 1.807) is 17.8 Å². The zero-order valence-corrected chi connectivity index (χ0v) is 16.4. The van der Waals surface area contributed by atoms with Crippen LogP contribution in [0.2, 0.25) is 0 Å². The number of rotatable bonds is 7. The first-order valence-electron chi connectivity index (χ1n) is 8.01. The van der Waals surface area contributed by atoms with Crippen LogP contribution < -0.4 is 0 Å². The SMILES string of the molecule is CSCC[C@H](C(=O)O)N1C(=O)/C(=C/c2ccc([C@H]3C[C@@H]3C)o2)SC1=S. The number of carbonyl (C=O) groups is 2. The molecule has 1 aromatic rings. The minimum atomic E-state index is -1.03. The number of aliphatic carboxylic acids is 1. The maximum atomic E-state index is 12.7. The lowest BCUT2D eigenvalue weighted by Crippen LogP contribution is -2.44. The molecular weight excluding hydrogens is 378 g/mol. The van der Waals surface area contributed by atoms with Crippen LogP contribution in [0.4, 0.5) is 0 Å². The molecule has 3 atom stereocenters. The van der Waals surface area contributed by atoms with Gasteiger partial charge in [-0.3, -0.25) is 9.69 Å². The minimum absolute atomic E-state index is 0.285. The van der Waals surface area contributed by atoms with Crippen LogP contribution in [-0.4, -0.2) is 44.3 Å². The van der Waals surface area contributed by atoms with Crippen LogP contribution in [0, 0.1) is 5.92 Å². The molecule has 0 unspecified atom stereocenters. The first kappa shape index (κ1) is 18.5. The fourth-order valence-corrected chi connectivity index (χ4v) is 4.63. The highest BCUT2D eigenvalue weighted by molar-refractivity contribution is 8.26. The van der Waals surface area contributed by atoms with Crippen LogP contribution in [0.3, 0.4) is 0 Å². The van der Waals surface area contributed by atoms with E-state index >= 15 is 0 Å². The molecule has 0 aromatic carbocycles. The van der Waals surface area contributed by atoms with Gasteiger partial charge in [0.05, 0.1) is 4.91 Å². The van der Waals surface area contributed by atoms with Gasteiger partial charge in [-0.05, 0) is 42.9 Å². The molecule has 25 heavy (non-hydrogen) atoms. The van der Waals surface area contributed by atoms with Crippen molar-refractivity contribution in [3.05, 3.63) is 28.6 Å². The Morgan fingerprint density at radius 3 is 2.92 bits per heavy atom. The summed E-state index contributed by atoms with van der Waals surface area (Å²) < 4.78 is 6.09. The second kappa shape index (κ2) is 7.55. The lowest BCUT2D eigenvalue weighted by atomic mass is 10.2. The highest BCUT2D eigenvalue weighted by Crippen LogP contribution is 2.47. The maximum absolute atomic E-state index is 12.7. The summed E-state index contributed by atoms with van der Waals surface area (Å²) in [6.07, 6.45) is 5.05. The van der Waals surface area contributed by atoms with Gasteiger partial charge in [-0.2, -0.15) is 11.8 Å². The quantitative estimate of drug-likeness (QED) is 0.554. The minimum Gasteiger partial charge on any atom is -0.480 e. The zero-order valence-electron chi connectivity index (χ0n) is 13.9. The van der Waals surface area contributed by atoms with Gasteiger partial charge in [-0.25, -0.2) is 4.79 Å². The van der Waals surface area contributed by atoms with Crippen molar-refractivity contribution >= 4 is 58.0 Å². The maximum Gasteiger partial charge on any atom is 0.326 e. The van der Waals surface area contributed by atoms with Crippen molar-refractivity contribution in [2.24, 2.45) is 5.92 Å². The topological polar surface area (TPSA) is 70.8 Å². The van der Waals surface area contributed by atoms with Crippen LogP contribution >= 0.6 is 35.7 Å². The highest BCUT2D eigenvalue weighted by atomic mass is 32.2. The van der Waals surface area contributed by atoms with Gasteiger partial charge in [0.2, 0.25) is 0 Å². The molecule has 1 aliphatic heterocycles. The molecule has 2 fully saturated rings. The third kappa shape index (κ3) is 3.96. The average Bonchev–Trinajstić information content (AvgIpc) is 3.00. The third-order valence-corrected chi connectivity index (χ3v) is 6.39. The fraction of sp³-hybridized carbons (Fsp3) is 0.471. The molecule has 2 heterocycles. The van der Waals surface area contributed by atoms with Crippen molar-refractivity contribution in [2.75, 3.05) is 12.0 Å². The van der Waals surface area contributed by atoms with E-state index in [1.807, 2.05) is 18.4 Å². The Morgan fingerprint density at radius 1 is 1.60 bits per heavy atom. The molecule has 0 bridgehead atoms. The molecule has 1 amide bonds. The largest absolute Gasteiger partial charge is 0.480 e. The third-order valence-electron chi connectivity index (χ3n) is 4.41. The van der Waals surface area contributed by atoms with Crippen molar-refractivity contribution < 1.29 is 19.1 Å². The van der Waals surface area contributed by atoms with Crippen LogP contribution in [0.15, 0.2) is 21.5 Å². The molecule has 1 aromatic heterocycles. The number of amides is 1. The van der Waals surface area contributed by atoms with Gasteiger partial charge in [0.15, 0.2) is 0 Å². The van der Waals surface area contributed by atoms with Crippen LogP contribution in [-0.2, 0) is 9.59 Å². The summed E-state index contributed by atoms with van der Waals surface area (Å²) in [4.78, 5) is 25.9. The van der Waals surface area contributed by atoms with E-state index in [0.717, 1.165) is 23.9 Å². The molecule has 5 nitrogen and oxygen atoms in total. The number of thiocarbonyl (C=S) groups is 1. The Labute approximate surface area is 160 Å². The molecule has 1 aliphatic carbocycles. The predicted molar refractivity (Wildman–Crippen MR) is 105 cm³/mol. The van der Waals surface area contributed by atoms with E-state index in [4.69, 9.17) is 16.6 Å². The summed E-state index contributed by atoms with van der Waals surface area (Å²) >= 11 is 7.93. The second-order valence-corrected chi connectivity index (χ2v) is 8.91. The van der Waals surface area contributed by atoms with Gasteiger partial charge in [-0.15, -0.1) is 0 Å². The first-order chi connectivity index (χ1) is 11.9. The number of nitrogens with zero attached hydrogens (tertiary/aromatic N) is 1. The molecule has 0 spiro atoms. The second-order valence-electron chi connectivity index (χ2n) is 6.25.